The van der Waals surface area contributed by atoms with Gasteiger partial charge in [-0.2, -0.15) is 11.8 Å². The maximum atomic E-state index is 14.1. The summed E-state index contributed by atoms with van der Waals surface area (Å²) >= 11 is 1.37. The van der Waals surface area contributed by atoms with Crippen molar-refractivity contribution in [1.29, 1.82) is 0 Å². The highest BCUT2D eigenvalue weighted by molar-refractivity contribution is 7.98. The van der Waals surface area contributed by atoms with Crippen molar-refractivity contribution in [2.45, 2.75) is 172 Å². The summed E-state index contributed by atoms with van der Waals surface area (Å²) in [7, 11) is 0. The highest BCUT2D eigenvalue weighted by atomic mass is 32.2. The number of carbonyl (C=O) groups excluding carboxylic acids is 8. The van der Waals surface area contributed by atoms with Gasteiger partial charge < -0.3 is 74.0 Å². The maximum Gasteiger partial charge on any atom is 0.326 e. The van der Waals surface area contributed by atoms with Gasteiger partial charge in [0, 0.05) is 13.0 Å². The molecule has 2 rings (SSSR count). The number of nitrogens with one attached hydrogen (secondary N) is 7. The number of benzene rings is 1. The Balaban J connectivity index is 2.39. The largest absolute Gasteiger partial charge is 0.481 e. The molecule has 0 spiro atoms. The molecule has 8 amide bonds. The maximum absolute atomic E-state index is 14.1. The van der Waals surface area contributed by atoms with Gasteiger partial charge in [-0.25, -0.2) is 4.79 Å². The zero-order valence-corrected chi connectivity index (χ0v) is 44.3. The number of carboxylic acid groups (broad SMARTS) is 2. The van der Waals surface area contributed by atoms with Gasteiger partial charge in [0.2, 0.25) is 47.3 Å². The van der Waals surface area contributed by atoms with Crippen molar-refractivity contribution in [3.8, 4) is 0 Å². The molecule has 1 fully saturated rings. The second-order valence-corrected chi connectivity index (χ2v) is 20.2. The molecule has 25 heteroatoms. The summed E-state index contributed by atoms with van der Waals surface area (Å²) in [5.74, 6) is -10.1. The van der Waals surface area contributed by atoms with Crippen LogP contribution >= 0.6 is 11.8 Å². The van der Waals surface area contributed by atoms with Gasteiger partial charge in [0.15, 0.2) is 0 Å². The number of hydrogen-bond acceptors (Lipinski definition) is 15. The number of rotatable bonds is 33. The Labute approximate surface area is 436 Å². The van der Waals surface area contributed by atoms with Gasteiger partial charge in [-0.05, 0) is 94.7 Å². The van der Waals surface area contributed by atoms with Gasteiger partial charge >= 0.3 is 11.9 Å². The van der Waals surface area contributed by atoms with Crippen molar-refractivity contribution >= 4 is 71.0 Å². The molecule has 24 nitrogen and oxygen atoms in total. The van der Waals surface area contributed by atoms with E-state index < -0.39 is 138 Å². The first kappa shape index (κ1) is 64.2. The van der Waals surface area contributed by atoms with Gasteiger partial charge in [-0.3, -0.25) is 43.2 Å². The highest BCUT2D eigenvalue weighted by Crippen LogP contribution is 2.21. The summed E-state index contributed by atoms with van der Waals surface area (Å²) in [4.78, 5) is 136. The molecule has 416 valence electrons. The number of aliphatic hydroxyl groups is 2. The Morgan fingerprint density at radius 1 is 0.689 bits per heavy atom. The van der Waals surface area contributed by atoms with Crippen LogP contribution in [-0.4, -0.2) is 176 Å². The normalized spacial score (nSPS) is 17.8. The first-order chi connectivity index (χ1) is 34.9. The zero-order valence-electron chi connectivity index (χ0n) is 43.5. The summed E-state index contributed by atoms with van der Waals surface area (Å²) in [5.41, 5.74) is 12.5. The standard InChI is InChI=1S/C49H80N10O14S/c1-8-27(4)38(45(68)53-33(49(72)73)19-22-74-7)56-46(69)40(29(6)61)58-47(70)39(28(5)60)57-41(64)32(17-12-13-20-50)52-43(66)35(25-37(62)63)54-42(65)34(24-30-15-10-9-11-16-30)55-44(67)36-18-14-21-59(36)48(71)31(51)23-26(2)3/h9-11,15-16,26-29,31-36,38-40,60-61H,8,12-14,17-25,50-51H2,1-7H3,(H,52,66)(H,53,68)(H,54,65)(H,55,67)(H,56,69)(H,57,64)(H,58,70)(H,62,63)(H,72,73)/t27-,28+,29+,31-,32-,33-,34-,35-,36-,38-,39-,40-/m0/s1. The fourth-order valence-corrected chi connectivity index (χ4v) is 8.62. The molecule has 0 unspecified atom stereocenters. The third-order valence-corrected chi connectivity index (χ3v) is 13.2. The number of aliphatic carboxylic acids is 2. The molecule has 0 bridgehead atoms. The number of nitrogens with zero attached hydrogens (tertiary/aromatic N) is 1. The Kier molecular flexibility index (Phi) is 28.1. The van der Waals surface area contributed by atoms with Crippen LogP contribution in [0.15, 0.2) is 30.3 Å². The molecule has 15 N–H and O–H groups in total. The molecule has 1 aliphatic heterocycles. The number of likely N-dealkylation sites (tertiary alicyclic amines) is 1. The minimum absolute atomic E-state index is 0.0938. The van der Waals surface area contributed by atoms with E-state index in [1.165, 1.54) is 16.7 Å². The van der Waals surface area contributed by atoms with E-state index >= 15 is 0 Å². The average Bonchev–Trinajstić information content (AvgIpc) is 3.84. The number of unbranched alkanes of at least 4 members (excludes halogenated alkanes) is 1. The van der Waals surface area contributed by atoms with Crippen molar-refractivity contribution in [2.75, 3.05) is 25.1 Å². The molecule has 1 aromatic rings. The molecule has 1 aromatic carbocycles. The number of carbonyl (C=O) groups is 10. The fraction of sp³-hybridized carbons (Fsp3) is 0.673. The lowest BCUT2D eigenvalue weighted by molar-refractivity contribution is -0.143. The monoisotopic (exact) mass is 1060 g/mol. The minimum Gasteiger partial charge on any atom is -0.481 e. The number of thioether (sulfide) groups is 1. The van der Waals surface area contributed by atoms with Crippen LogP contribution in [0.3, 0.4) is 0 Å². The van der Waals surface area contributed by atoms with Crippen LogP contribution in [0.5, 0.6) is 0 Å². The number of nitrogens with two attached hydrogens (primary N) is 2. The number of hydrogen-bond donors (Lipinski definition) is 13. The summed E-state index contributed by atoms with van der Waals surface area (Å²) in [6.45, 7) is 9.90. The number of amides is 8. The van der Waals surface area contributed by atoms with E-state index in [0.29, 0.717) is 37.0 Å². The minimum atomic E-state index is -1.85. The zero-order chi connectivity index (χ0) is 55.8. The lowest BCUT2D eigenvalue weighted by atomic mass is 9.97. The van der Waals surface area contributed by atoms with Crippen LogP contribution in [0.25, 0.3) is 0 Å². The molecule has 1 saturated heterocycles. The van der Waals surface area contributed by atoms with Crippen LogP contribution in [0.1, 0.15) is 105 Å². The second kappa shape index (κ2) is 32.4. The topological polar surface area (TPSA) is 391 Å². The Morgan fingerprint density at radius 2 is 1.22 bits per heavy atom. The molecular weight excluding hydrogens is 985 g/mol. The fourth-order valence-electron chi connectivity index (χ4n) is 8.15. The molecule has 74 heavy (non-hydrogen) atoms. The van der Waals surface area contributed by atoms with Gasteiger partial charge in [-0.1, -0.05) is 64.4 Å². The molecule has 0 radical (unpaired) electrons. The van der Waals surface area contributed by atoms with Crippen molar-refractivity contribution in [3.63, 3.8) is 0 Å². The smallest absolute Gasteiger partial charge is 0.326 e. The van der Waals surface area contributed by atoms with E-state index in [0.717, 1.165) is 13.8 Å². The van der Waals surface area contributed by atoms with Crippen molar-refractivity contribution < 1.29 is 68.4 Å². The molecule has 0 aliphatic carbocycles. The predicted molar refractivity (Wildman–Crippen MR) is 274 cm³/mol. The number of carboxylic acids is 2. The van der Waals surface area contributed by atoms with E-state index in [4.69, 9.17) is 11.5 Å². The summed E-state index contributed by atoms with van der Waals surface area (Å²) in [6.07, 6.45) is -0.607. The van der Waals surface area contributed by atoms with Crippen LogP contribution in [0, 0.1) is 11.8 Å². The van der Waals surface area contributed by atoms with E-state index in [9.17, 15) is 68.4 Å². The predicted octanol–water partition coefficient (Wildman–Crippen LogP) is -1.76. The molecule has 0 saturated carbocycles. The van der Waals surface area contributed by atoms with E-state index in [-0.39, 0.29) is 51.1 Å². The lowest BCUT2D eigenvalue weighted by Gasteiger charge is -2.30. The molecular formula is C49H80N10O14S. The van der Waals surface area contributed by atoms with Crippen molar-refractivity contribution in [3.05, 3.63) is 35.9 Å². The van der Waals surface area contributed by atoms with E-state index in [1.54, 1.807) is 50.4 Å². The lowest BCUT2D eigenvalue weighted by Crippen LogP contribution is -2.63. The van der Waals surface area contributed by atoms with E-state index in [1.807, 2.05) is 13.8 Å². The van der Waals surface area contributed by atoms with Gasteiger partial charge in [0.05, 0.1) is 24.7 Å². The van der Waals surface area contributed by atoms with Gasteiger partial charge in [0.25, 0.3) is 0 Å². The molecule has 1 heterocycles. The van der Waals surface area contributed by atoms with Gasteiger partial charge in [0.1, 0.15) is 48.3 Å². The highest BCUT2D eigenvalue weighted by Gasteiger charge is 2.40. The molecule has 12 atom stereocenters. The third kappa shape index (κ3) is 21.2. The summed E-state index contributed by atoms with van der Waals surface area (Å²) in [5, 5.41) is 58.1. The van der Waals surface area contributed by atoms with Crippen LogP contribution in [0.2, 0.25) is 0 Å². The average molecular weight is 1070 g/mol. The van der Waals surface area contributed by atoms with Crippen LogP contribution in [0.4, 0.5) is 0 Å². The molecule has 1 aliphatic rings. The summed E-state index contributed by atoms with van der Waals surface area (Å²) < 4.78 is 0. The quantitative estimate of drug-likeness (QED) is 0.0347. The second-order valence-electron chi connectivity index (χ2n) is 19.2. The van der Waals surface area contributed by atoms with E-state index in [2.05, 4.69) is 37.2 Å². The Bertz CT molecular complexity index is 2050. The van der Waals surface area contributed by atoms with Gasteiger partial charge in [-0.15, -0.1) is 0 Å². The third-order valence-electron chi connectivity index (χ3n) is 12.5. The first-order valence-electron chi connectivity index (χ1n) is 25.1. The molecule has 0 aromatic heterocycles. The summed E-state index contributed by atoms with van der Waals surface area (Å²) in [6, 6.07) is -4.29. The number of aliphatic hydroxyl groups excluding tert-OH is 2. The Hall–Kier alpha value is -5.89. The first-order valence-corrected chi connectivity index (χ1v) is 26.5. The van der Waals surface area contributed by atoms with Crippen molar-refractivity contribution in [2.24, 2.45) is 23.3 Å². The SMILES string of the molecule is CC[C@H](C)[C@H](NC(=O)[C@@H](NC(=O)[C@@H](NC(=O)[C@H](CCCCN)NC(=O)[C@H](CC(=O)O)NC(=O)[C@H](Cc1ccccc1)NC(=O)[C@@H]1CCCN1C(=O)[C@@H](N)CC(C)C)[C@@H](C)O)[C@@H](C)O)C(=O)N[C@@H](CCSC)C(=O)O. The van der Waals surface area contributed by atoms with Crippen LogP contribution in [-0.2, 0) is 54.4 Å². The van der Waals surface area contributed by atoms with Crippen molar-refractivity contribution in [1.82, 2.24) is 42.1 Å². The van der Waals surface area contributed by atoms with Crippen LogP contribution < -0.4 is 48.7 Å². The Morgan fingerprint density at radius 3 is 1.74 bits per heavy atom.